The zero-order chi connectivity index (χ0) is 13.9. The average molecular weight is 334 g/mol. The summed E-state index contributed by atoms with van der Waals surface area (Å²) in [4.78, 5) is 13.0. The number of carbonyl (C=O) groups is 1. The summed E-state index contributed by atoms with van der Waals surface area (Å²) in [6.07, 6.45) is 0. The van der Waals surface area contributed by atoms with Gasteiger partial charge in [-0.25, -0.2) is 0 Å². The van der Waals surface area contributed by atoms with Crippen molar-refractivity contribution in [2.45, 2.75) is 39.2 Å². The monoisotopic (exact) mass is 333 g/mol. The number of rotatable bonds is 5. The quantitative estimate of drug-likeness (QED) is 0.869. The standard InChI is InChI=1S/C13H20BrNO2S/c1-8(2)13(4,17)7-15-12(16)9(3)10-5-6-11(14)18-10/h5-6,8-9,17H,7H2,1-4H3,(H,15,16). The van der Waals surface area contributed by atoms with E-state index >= 15 is 0 Å². The minimum atomic E-state index is -0.870. The zero-order valence-corrected chi connectivity index (χ0v) is 13.6. The van der Waals surface area contributed by atoms with Crippen LogP contribution in [0.25, 0.3) is 0 Å². The van der Waals surface area contributed by atoms with Gasteiger partial charge in [0.05, 0.1) is 15.3 Å². The molecule has 1 rings (SSSR count). The van der Waals surface area contributed by atoms with Crippen LogP contribution < -0.4 is 5.32 Å². The molecule has 1 aromatic heterocycles. The lowest BCUT2D eigenvalue weighted by atomic mass is 9.92. The molecule has 0 bridgehead atoms. The Labute approximate surface area is 121 Å². The highest BCUT2D eigenvalue weighted by molar-refractivity contribution is 9.11. The van der Waals surface area contributed by atoms with Gasteiger partial charge in [0.1, 0.15) is 0 Å². The van der Waals surface area contributed by atoms with E-state index in [0.717, 1.165) is 8.66 Å². The number of aliphatic hydroxyl groups is 1. The fourth-order valence-electron chi connectivity index (χ4n) is 1.31. The van der Waals surface area contributed by atoms with Gasteiger partial charge in [-0.05, 0) is 47.8 Å². The van der Waals surface area contributed by atoms with Crippen LogP contribution in [0.3, 0.4) is 0 Å². The molecule has 0 aliphatic rings. The van der Waals surface area contributed by atoms with E-state index in [0.29, 0.717) is 0 Å². The lowest BCUT2D eigenvalue weighted by molar-refractivity contribution is -0.123. The van der Waals surface area contributed by atoms with E-state index in [1.165, 1.54) is 0 Å². The third-order valence-electron chi connectivity index (χ3n) is 3.28. The van der Waals surface area contributed by atoms with E-state index in [1.54, 1.807) is 18.3 Å². The molecule has 0 radical (unpaired) electrons. The van der Waals surface area contributed by atoms with Crippen LogP contribution in [0.4, 0.5) is 0 Å². The summed E-state index contributed by atoms with van der Waals surface area (Å²) in [5.74, 6) is -0.140. The van der Waals surface area contributed by atoms with Crippen LogP contribution in [0.5, 0.6) is 0 Å². The molecule has 0 spiro atoms. The third-order valence-corrected chi connectivity index (χ3v) is 5.08. The van der Waals surface area contributed by atoms with Gasteiger partial charge in [-0.2, -0.15) is 0 Å². The van der Waals surface area contributed by atoms with Gasteiger partial charge in [0, 0.05) is 11.4 Å². The fraction of sp³-hybridized carbons (Fsp3) is 0.615. The second kappa shape index (κ2) is 6.17. The maximum absolute atomic E-state index is 12.0. The van der Waals surface area contributed by atoms with Crippen molar-refractivity contribution in [3.8, 4) is 0 Å². The van der Waals surface area contributed by atoms with Gasteiger partial charge in [0.2, 0.25) is 5.91 Å². The van der Waals surface area contributed by atoms with Crippen LogP contribution in [-0.4, -0.2) is 23.2 Å². The summed E-state index contributed by atoms with van der Waals surface area (Å²) < 4.78 is 1.02. The number of halogens is 1. The van der Waals surface area contributed by atoms with Crippen molar-refractivity contribution in [1.29, 1.82) is 0 Å². The molecule has 102 valence electrons. The highest BCUT2D eigenvalue weighted by atomic mass is 79.9. The molecule has 2 unspecified atom stereocenters. The molecule has 1 aromatic rings. The molecule has 2 atom stereocenters. The van der Waals surface area contributed by atoms with Gasteiger partial charge >= 0.3 is 0 Å². The summed E-state index contributed by atoms with van der Waals surface area (Å²) in [6.45, 7) is 7.76. The predicted octanol–water partition coefficient (Wildman–Crippen LogP) is 3.14. The first-order valence-electron chi connectivity index (χ1n) is 5.99. The molecule has 1 amide bonds. The lowest BCUT2D eigenvalue weighted by Crippen LogP contribution is -2.45. The van der Waals surface area contributed by atoms with Crippen LogP contribution >= 0.6 is 27.3 Å². The highest BCUT2D eigenvalue weighted by Crippen LogP contribution is 2.28. The summed E-state index contributed by atoms with van der Waals surface area (Å²) in [5.41, 5.74) is -0.870. The summed E-state index contributed by atoms with van der Waals surface area (Å²) >= 11 is 4.94. The topological polar surface area (TPSA) is 49.3 Å². The molecule has 5 heteroatoms. The molecule has 1 heterocycles. The number of amides is 1. The lowest BCUT2D eigenvalue weighted by Gasteiger charge is -2.28. The maximum atomic E-state index is 12.0. The fourth-order valence-corrected chi connectivity index (χ4v) is 2.79. The summed E-state index contributed by atoms with van der Waals surface area (Å²) in [5, 5.41) is 12.9. The van der Waals surface area contributed by atoms with Gasteiger partial charge < -0.3 is 10.4 Å². The first kappa shape index (κ1) is 15.7. The summed E-state index contributed by atoms with van der Waals surface area (Å²) in [6, 6.07) is 3.88. The van der Waals surface area contributed by atoms with Crippen LogP contribution in [0.1, 0.15) is 38.5 Å². The number of carbonyl (C=O) groups excluding carboxylic acids is 1. The Morgan fingerprint density at radius 3 is 2.56 bits per heavy atom. The average Bonchev–Trinajstić information content (AvgIpc) is 2.71. The van der Waals surface area contributed by atoms with Crippen molar-refractivity contribution in [3.63, 3.8) is 0 Å². The molecule has 0 aromatic carbocycles. The molecule has 3 nitrogen and oxygen atoms in total. The van der Waals surface area contributed by atoms with Crippen LogP contribution in [0, 0.1) is 5.92 Å². The van der Waals surface area contributed by atoms with Crippen LogP contribution in [-0.2, 0) is 4.79 Å². The number of hydrogen-bond acceptors (Lipinski definition) is 3. The Hall–Kier alpha value is -0.390. The van der Waals surface area contributed by atoms with Crippen LogP contribution in [0.15, 0.2) is 15.9 Å². The van der Waals surface area contributed by atoms with Crippen molar-refractivity contribution in [3.05, 3.63) is 20.8 Å². The van der Waals surface area contributed by atoms with E-state index in [2.05, 4.69) is 21.2 Å². The Balaban J connectivity index is 2.56. The van der Waals surface area contributed by atoms with E-state index in [1.807, 2.05) is 32.9 Å². The Morgan fingerprint density at radius 1 is 1.50 bits per heavy atom. The highest BCUT2D eigenvalue weighted by Gasteiger charge is 2.26. The second-order valence-corrected chi connectivity index (χ2v) is 7.59. The molecular formula is C13H20BrNO2S. The Morgan fingerprint density at radius 2 is 2.11 bits per heavy atom. The van der Waals surface area contributed by atoms with Crippen molar-refractivity contribution < 1.29 is 9.90 Å². The molecule has 0 aliphatic carbocycles. The van der Waals surface area contributed by atoms with Gasteiger partial charge in [-0.15, -0.1) is 11.3 Å². The van der Waals surface area contributed by atoms with Gasteiger partial charge in [0.25, 0.3) is 0 Å². The first-order chi connectivity index (χ1) is 8.24. The van der Waals surface area contributed by atoms with Gasteiger partial charge in [-0.3, -0.25) is 4.79 Å². The number of thiophene rings is 1. The zero-order valence-electron chi connectivity index (χ0n) is 11.2. The largest absolute Gasteiger partial charge is 0.388 e. The minimum Gasteiger partial charge on any atom is -0.388 e. The van der Waals surface area contributed by atoms with Crippen molar-refractivity contribution >= 4 is 33.2 Å². The second-order valence-electron chi connectivity index (χ2n) is 5.09. The van der Waals surface area contributed by atoms with E-state index in [9.17, 15) is 9.90 Å². The van der Waals surface area contributed by atoms with Crippen molar-refractivity contribution in [2.75, 3.05) is 6.54 Å². The molecule has 0 saturated heterocycles. The molecule has 0 saturated carbocycles. The third kappa shape index (κ3) is 4.07. The Bertz CT molecular complexity index is 415. The molecule has 0 aliphatic heterocycles. The van der Waals surface area contributed by atoms with Gasteiger partial charge in [0.15, 0.2) is 0 Å². The summed E-state index contributed by atoms with van der Waals surface area (Å²) in [7, 11) is 0. The molecule has 0 fully saturated rings. The van der Waals surface area contributed by atoms with Gasteiger partial charge in [-0.1, -0.05) is 13.8 Å². The maximum Gasteiger partial charge on any atom is 0.228 e. The minimum absolute atomic E-state index is 0.0507. The van der Waals surface area contributed by atoms with E-state index < -0.39 is 5.60 Å². The smallest absolute Gasteiger partial charge is 0.228 e. The predicted molar refractivity (Wildman–Crippen MR) is 78.9 cm³/mol. The molecule has 18 heavy (non-hydrogen) atoms. The van der Waals surface area contributed by atoms with Crippen molar-refractivity contribution in [2.24, 2.45) is 5.92 Å². The number of nitrogens with one attached hydrogen (secondary N) is 1. The Kier molecular flexibility index (Phi) is 5.37. The van der Waals surface area contributed by atoms with E-state index in [4.69, 9.17) is 0 Å². The normalized spacial score (nSPS) is 16.4. The van der Waals surface area contributed by atoms with E-state index in [-0.39, 0.29) is 24.3 Å². The molecular weight excluding hydrogens is 314 g/mol. The SMILES string of the molecule is CC(C(=O)NCC(C)(O)C(C)C)c1ccc(Br)s1. The van der Waals surface area contributed by atoms with Crippen LogP contribution in [0.2, 0.25) is 0 Å². The number of hydrogen-bond donors (Lipinski definition) is 2. The van der Waals surface area contributed by atoms with Crippen molar-refractivity contribution in [1.82, 2.24) is 5.32 Å². The first-order valence-corrected chi connectivity index (χ1v) is 7.60. The molecule has 2 N–H and O–H groups in total.